The molecule has 1 atom stereocenters. The van der Waals surface area contributed by atoms with Crippen LogP contribution in [0.2, 0.25) is 0 Å². The van der Waals surface area contributed by atoms with Gasteiger partial charge in [-0.25, -0.2) is 4.39 Å². The van der Waals surface area contributed by atoms with Gasteiger partial charge in [-0.3, -0.25) is 0 Å². The van der Waals surface area contributed by atoms with Crippen molar-refractivity contribution in [3.8, 4) is 0 Å². The lowest BCUT2D eigenvalue weighted by atomic mass is 10.1. The van der Waals surface area contributed by atoms with Crippen LogP contribution in [0.4, 0.5) is 10.1 Å². The maximum absolute atomic E-state index is 13.0. The maximum atomic E-state index is 13.0. The molecule has 1 aromatic rings. The molecule has 1 heterocycles. The molecule has 1 unspecified atom stereocenters. The van der Waals surface area contributed by atoms with Gasteiger partial charge in [-0.1, -0.05) is 6.92 Å². The lowest BCUT2D eigenvalue weighted by Gasteiger charge is -2.20. The van der Waals surface area contributed by atoms with E-state index in [1.165, 1.54) is 12.1 Å². The minimum atomic E-state index is -0.151. The molecule has 0 aromatic heterocycles. The summed E-state index contributed by atoms with van der Waals surface area (Å²) in [5.41, 5.74) is 1.17. The van der Waals surface area contributed by atoms with Gasteiger partial charge in [0.2, 0.25) is 0 Å². The number of rotatable bonds is 4. The summed E-state index contributed by atoms with van der Waals surface area (Å²) in [6, 6.07) is 5.05. The minimum absolute atomic E-state index is 0.151. The highest BCUT2D eigenvalue weighted by Gasteiger charge is 2.23. The van der Waals surface area contributed by atoms with Crippen molar-refractivity contribution in [1.29, 1.82) is 0 Å². The SMILES string of the molecule is CCNCC1CCN(c2ccc(F)cc2I)C1. The fourth-order valence-electron chi connectivity index (χ4n) is 2.30. The zero-order valence-electron chi connectivity index (χ0n) is 10.0. The summed E-state index contributed by atoms with van der Waals surface area (Å²) < 4.78 is 14.1. The van der Waals surface area contributed by atoms with E-state index in [-0.39, 0.29) is 5.82 Å². The molecule has 4 heteroatoms. The topological polar surface area (TPSA) is 15.3 Å². The Morgan fingerprint density at radius 3 is 3.06 bits per heavy atom. The predicted octanol–water partition coefficient (Wildman–Crippen LogP) is 2.87. The zero-order chi connectivity index (χ0) is 12.3. The van der Waals surface area contributed by atoms with Crippen LogP contribution in [-0.4, -0.2) is 26.2 Å². The first kappa shape index (κ1) is 13.1. The molecular weight excluding hydrogens is 330 g/mol. The third-order valence-corrected chi connectivity index (χ3v) is 4.08. The number of halogens is 2. The third kappa shape index (κ3) is 3.31. The maximum Gasteiger partial charge on any atom is 0.124 e. The van der Waals surface area contributed by atoms with E-state index in [1.807, 2.05) is 6.07 Å². The summed E-state index contributed by atoms with van der Waals surface area (Å²) in [7, 11) is 0. The Bertz CT molecular complexity index is 384. The molecule has 1 fully saturated rings. The van der Waals surface area contributed by atoms with Gasteiger partial charge in [0.05, 0.1) is 5.69 Å². The third-order valence-electron chi connectivity index (χ3n) is 3.22. The molecule has 0 radical (unpaired) electrons. The van der Waals surface area contributed by atoms with Gasteiger partial charge in [0.25, 0.3) is 0 Å². The van der Waals surface area contributed by atoms with Crippen LogP contribution in [0.15, 0.2) is 18.2 Å². The molecule has 2 rings (SSSR count). The van der Waals surface area contributed by atoms with E-state index < -0.39 is 0 Å². The molecule has 1 N–H and O–H groups in total. The van der Waals surface area contributed by atoms with E-state index >= 15 is 0 Å². The Hall–Kier alpha value is -0.360. The summed E-state index contributed by atoms with van der Waals surface area (Å²) in [6.45, 7) is 6.41. The van der Waals surface area contributed by atoms with Crippen molar-refractivity contribution in [1.82, 2.24) is 5.32 Å². The highest BCUT2D eigenvalue weighted by molar-refractivity contribution is 14.1. The largest absolute Gasteiger partial charge is 0.370 e. The minimum Gasteiger partial charge on any atom is -0.370 e. The van der Waals surface area contributed by atoms with E-state index in [0.29, 0.717) is 0 Å². The Labute approximate surface area is 116 Å². The van der Waals surface area contributed by atoms with Crippen LogP contribution in [0.25, 0.3) is 0 Å². The summed E-state index contributed by atoms with van der Waals surface area (Å²) in [5, 5.41) is 3.40. The molecular formula is C13H18FIN2. The van der Waals surface area contributed by atoms with Crippen molar-refractivity contribution in [2.45, 2.75) is 13.3 Å². The first-order valence-electron chi connectivity index (χ1n) is 6.11. The van der Waals surface area contributed by atoms with Crippen molar-refractivity contribution in [2.24, 2.45) is 5.92 Å². The normalized spacial score (nSPS) is 19.9. The lowest BCUT2D eigenvalue weighted by Crippen LogP contribution is -2.26. The van der Waals surface area contributed by atoms with Gasteiger partial charge in [0, 0.05) is 16.7 Å². The van der Waals surface area contributed by atoms with Crippen molar-refractivity contribution in [3.05, 3.63) is 27.6 Å². The average Bonchev–Trinajstić information content (AvgIpc) is 2.75. The van der Waals surface area contributed by atoms with Crippen LogP contribution in [0.5, 0.6) is 0 Å². The number of benzene rings is 1. The molecule has 1 aliphatic heterocycles. The van der Waals surface area contributed by atoms with Crippen molar-refractivity contribution >= 4 is 28.3 Å². The molecule has 0 aliphatic carbocycles. The summed E-state index contributed by atoms with van der Waals surface area (Å²) in [4.78, 5) is 2.36. The smallest absolute Gasteiger partial charge is 0.124 e. The Kier molecular flexibility index (Phi) is 4.62. The molecule has 0 spiro atoms. The standard InChI is InChI=1S/C13H18FIN2/c1-2-16-8-10-5-6-17(9-10)13-4-3-11(14)7-12(13)15/h3-4,7,10,16H,2,5-6,8-9H2,1H3. The first-order valence-corrected chi connectivity index (χ1v) is 7.19. The van der Waals surface area contributed by atoms with Gasteiger partial charge in [-0.15, -0.1) is 0 Å². The summed E-state index contributed by atoms with van der Waals surface area (Å²) in [5.74, 6) is 0.567. The van der Waals surface area contributed by atoms with Gasteiger partial charge < -0.3 is 10.2 Å². The molecule has 17 heavy (non-hydrogen) atoms. The van der Waals surface area contributed by atoms with Crippen molar-refractivity contribution < 1.29 is 4.39 Å². The highest BCUT2D eigenvalue weighted by Crippen LogP contribution is 2.28. The number of hydrogen-bond donors (Lipinski definition) is 1. The van der Waals surface area contributed by atoms with Crippen LogP contribution in [0.3, 0.4) is 0 Å². The van der Waals surface area contributed by atoms with E-state index in [0.717, 1.165) is 35.7 Å². The van der Waals surface area contributed by atoms with E-state index in [4.69, 9.17) is 0 Å². The van der Waals surface area contributed by atoms with E-state index in [9.17, 15) is 4.39 Å². The van der Waals surface area contributed by atoms with Gasteiger partial charge in [-0.05, 0) is 66.2 Å². The van der Waals surface area contributed by atoms with E-state index in [1.54, 1.807) is 12.1 Å². The van der Waals surface area contributed by atoms with Crippen LogP contribution >= 0.6 is 22.6 Å². The number of nitrogens with zero attached hydrogens (tertiary/aromatic N) is 1. The molecule has 1 saturated heterocycles. The molecule has 94 valence electrons. The van der Waals surface area contributed by atoms with Crippen LogP contribution in [0.1, 0.15) is 13.3 Å². The second kappa shape index (κ2) is 6.00. The van der Waals surface area contributed by atoms with Crippen molar-refractivity contribution in [3.63, 3.8) is 0 Å². The second-order valence-corrected chi connectivity index (χ2v) is 5.67. The number of anilines is 1. The summed E-state index contributed by atoms with van der Waals surface area (Å²) >= 11 is 2.21. The van der Waals surface area contributed by atoms with Gasteiger partial charge >= 0.3 is 0 Å². The monoisotopic (exact) mass is 348 g/mol. The molecule has 0 amide bonds. The average molecular weight is 348 g/mol. The Morgan fingerprint density at radius 2 is 2.35 bits per heavy atom. The quantitative estimate of drug-likeness (QED) is 0.842. The molecule has 0 bridgehead atoms. The fourth-order valence-corrected chi connectivity index (χ4v) is 3.12. The zero-order valence-corrected chi connectivity index (χ0v) is 12.2. The second-order valence-electron chi connectivity index (χ2n) is 4.50. The molecule has 0 saturated carbocycles. The lowest BCUT2D eigenvalue weighted by molar-refractivity contribution is 0.528. The van der Waals surface area contributed by atoms with Crippen LogP contribution in [0, 0.1) is 15.3 Å². The highest BCUT2D eigenvalue weighted by atomic mass is 127. The molecule has 1 aliphatic rings. The Morgan fingerprint density at radius 1 is 1.53 bits per heavy atom. The molecule has 2 nitrogen and oxygen atoms in total. The van der Waals surface area contributed by atoms with Gasteiger partial charge in [0.15, 0.2) is 0 Å². The predicted molar refractivity (Wildman–Crippen MR) is 78.0 cm³/mol. The van der Waals surface area contributed by atoms with Gasteiger partial charge in [0.1, 0.15) is 5.82 Å². The van der Waals surface area contributed by atoms with Gasteiger partial charge in [-0.2, -0.15) is 0 Å². The van der Waals surface area contributed by atoms with Crippen molar-refractivity contribution in [2.75, 3.05) is 31.1 Å². The van der Waals surface area contributed by atoms with E-state index in [2.05, 4.69) is 39.7 Å². The number of nitrogens with one attached hydrogen (secondary N) is 1. The fraction of sp³-hybridized carbons (Fsp3) is 0.538. The number of hydrogen-bond acceptors (Lipinski definition) is 2. The summed E-state index contributed by atoms with van der Waals surface area (Å²) in [6.07, 6.45) is 1.22. The van der Waals surface area contributed by atoms with Crippen LogP contribution in [-0.2, 0) is 0 Å². The first-order chi connectivity index (χ1) is 8.20. The van der Waals surface area contributed by atoms with Crippen LogP contribution < -0.4 is 10.2 Å². The Balaban J connectivity index is 2.00. The molecule has 1 aromatic carbocycles.